The summed E-state index contributed by atoms with van der Waals surface area (Å²) in [7, 11) is 0. The van der Waals surface area contributed by atoms with Gasteiger partial charge in [-0.1, -0.05) is 0 Å². The van der Waals surface area contributed by atoms with Gasteiger partial charge in [0.05, 0.1) is 10.6 Å². The Morgan fingerprint density at radius 3 is 2.88 bits per heavy atom. The fourth-order valence-electron chi connectivity index (χ4n) is 1.64. The van der Waals surface area contributed by atoms with E-state index in [1.165, 1.54) is 0 Å². The van der Waals surface area contributed by atoms with Crippen LogP contribution in [0.4, 0.5) is 5.95 Å². The second-order valence-electron chi connectivity index (χ2n) is 3.95. The Morgan fingerprint density at radius 2 is 2.31 bits per heavy atom. The number of aliphatic hydroxyl groups is 1. The lowest BCUT2D eigenvalue weighted by Gasteiger charge is -2.25. The first-order valence-electron chi connectivity index (χ1n) is 5.15. The molecule has 0 amide bonds. The summed E-state index contributed by atoms with van der Waals surface area (Å²) in [4.78, 5) is 8.15. The van der Waals surface area contributed by atoms with Crippen molar-refractivity contribution in [2.45, 2.75) is 25.0 Å². The fraction of sp³-hybridized carbons (Fsp3) is 0.600. The number of ether oxygens (including phenoxy) is 1. The zero-order valence-electron chi connectivity index (χ0n) is 8.98. The zero-order valence-corrected chi connectivity index (χ0v) is 10.6. The van der Waals surface area contributed by atoms with Crippen LogP contribution in [0.1, 0.15) is 13.3 Å². The van der Waals surface area contributed by atoms with Gasteiger partial charge in [0.25, 0.3) is 0 Å². The third kappa shape index (κ3) is 2.50. The third-order valence-electron chi connectivity index (χ3n) is 2.83. The van der Waals surface area contributed by atoms with Crippen LogP contribution in [-0.2, 0) is 4.74 Å². The van der Waals surface area contributed by atoms with Gasteiger partial charge >= 0.3 is 0 Å². The smallest absolute Gasteiger partial charge is 0.222 e. The Bertz CT molecular complexity index is 360. The number of nitrogens with zero attached hydrogens (tertiary/aromatic N) is 2. The molecular weight excluding hydrogens is 274 g/mol. The summed E-state index contributed by atoms with van der Waals surface area (Å²) >= 11 is 3.26. The Kier molecular flexibility index (Phi) is 3.41. The molecule has 88 valence electrons. The average molecular weight is 288 g/mol. The third-order valence-corrected chi connectivity index (χ3v) is 3.24. The van der Waals surface area contributed by atoms with Gasteiger partial charge in [-0.2, -0.15) is 0 Å². The van der Waals surface area contributed by atoms with Gasteiger partial charge in [0, 0.05) is 32.0 Å². The van der Waals surface area contributed by atoms with Gasteiger partial charge in [-0.25, -0.2) is 9.97 Å². The Labute approximate surface area is 102 Å². The summed E-state index contributed by atoms with van der Waals surface area (Å²) < 4.78 is 6.17. The van der Waals surface area contributed by atoms with Crippen molar-refractivity contribution in [2.75, 3.05) is 18.5 Å². The van der Waals surface area contributed by atoms with E-state index >= 15 is 0 Å². The minimum Gasteiger partial charge on any atom is -0.385 e. The molecule has 0 bridgehead atoms. The van der Waals surface area contributed by atoms with Crippen LogP contribution < -0.4 is 5.32 Å². The molecule has 2 rings (SSSR count). The van der Waals surface area contributed by atoms with Crippen molar-refractivity contribution in [3.05, 3.63) is 16.9 Å². The van der Waals surface area contributed by atoms with Crippen molar-refractivity contribution >= 4 is 21.9 Å². The second kappa shape index (κ2) is 4.65. The van der Waals surface area contributed by atoms with Gasteiger partial charge < -0.3 is 15.2 Å². The quantitative estimate of drug-likeness (QED) is 0.874. The highest BCUT2D eigenvalue weighted by molar-refractivity contribution is 9.10. The van der Waals surface area contributed by atoms with Crippen molar-refractivity contribution in [3.8, 4) is 0 Å². The minimum absolute atomic E-state index is 0.157. The zero-order chi connectivity index (χ0) is 11.6. The lowest BCUT2D eigenvalue weighted by molar-refractivity contribution is -0.0176. The van der Waals surface area contributed by atoms with Crippen LogP contribution in [0.5, 0.6) is 0 Å². The molecule has 0 saturated carbocycles. The first-order valence-corrected chi connectivity index (χ1v) is 5.95. The van der Waals surface area contributed by atoms with E-state index in [4.69, 9.17) is 4.74 Å². The molecule has 1 aliphatic rings. The number of hydrogen-bond donors (Lipinski definition) is 2. The Morgan fingerprint density at radius 1 is 1.62 bits per heavy atom. The van der Waals surface area contributed by atoms with Crippen LogP contribution in [0.3, 0.4) is 0 Å². The molecular formula is C10H14BrN3O2. The maximum atomic E-state index is 10.2. The molecule has 2 unspecified atom stereocenters. The fourth-order valence-corrected chi connectivity index (χ4v) is 1.84. The summed E-state index contributed by atoms with van der Waals surface area (Å²) in [6.45, 7) is 2.87. The van der Waals surface area contributed by atoms with Crippen molar-refractivity contribution in [3.63, 3.8) is 0 Å². The lowest BCUT2D eigenvalue weighted by Crippen LogP contribution is -2.43. The van der Waals surface area contributed by atoms with Gasteiger partial charge in [-0.05, 0) is 22.9 Å². The molecule has 0 spiro atoms. The summed E-state index contributed by atoms with van der Waals surface area (Å²) in [5.74, 6) is 0.510. The van der Waals surface area contributed by atoms with Gasteiger partial charge in [0.15, 0.2) is 0 Å². The lowest BCUT2D eigenvalue weighted by atomic mass is 9.97. The first-order chi connectivity index (χ1) is 7.60. The van der Waals surface area contributed by atoms with Crippen LogP contribution in [0.15, 0.2) is 16.9 Å². The number of hydrogen-bond acceptors (Lipinski definition) is 5. The topological polar surface area (TPSA) is 67.3 Å². The molecule has 2 N–H and O–H groups in total. The van der Waals surface area contributed by atoms with E-state index in [-0.39, 0.29) is 6.10 Å². The summed E-state index contributed by atoms with van der Waals surface area (Å²) in [6.07, 6.45) is 3.80. The van der Waals surface area contributed by atoms with Crippen LogP contribution in [0.2, 0.25) is 0 Å². The number of aromatic nitrogens is 2. The molecule has 1 fully saturated rings. The molecule has 2 heterocycles. The number of rotatable bonds is 3. The Balaban J connectivity index is 1.94. The van der Waals surface area contributed by atoms with Crippen LogP contribution in [0.25, 0.3) is 0 Å². The standard InChI is InChI=1S/C10H14BrN3O2/c1-7-10(15,2-3-16-7)6-14-9-12-4-8(11)5-13-9/h4-5,7,15H,2-3,6H2,1H3,(H,12,13,14). The molecule has 0 aromatic carbocycles. The normalized spacial score (nSPS) is 29.3. The largest absolute Gasteiger partial charge is 0.385 e. The predicted molar refractivity (Wildman–Crippen MR) is 63.2 cm³/mol. The molecule has 1 aromatic rings. The molecule has 2 atom stereocenters. The van der Waals surface area contributed by atoms with E-state index in [1.54, 1.807) is 12.4 Å². The summed E-state index contributed by atoms with van der Waals surface area (Å²) in [5.41, 5.74) is -0.823. The molecule has 0 radical (unpaired) electrons. The summed E-state index contributed by atoms with van der Waals surface area (Å²) in [5, 5.41) is 13.2. The maximum Gasteiger partial charge on any atom is 0.222 e. The van der Waals surface area contributed by atoms with Crippen molar-refractivity contribution in [1.29, 1.82) is 0 Å². The molecule has 6 heteroatoms. The number of halogens is 1. The van der Waals surface area contributed by atoms with Crippen molar-refractivity contribution < 1.29 is 9.84 Å². The molecule has 16 heavy (non-hydrogen) atoms. The molecule has 1 aromatic heterocycles. The minimum atomic E-state index is -0.823. The van der Waals surface area contributed by atoms with E-state index in [0.29, 0.717) is 25.5 Å². The van der Waals surface area contributed by atoms with Gasteiger partial charge in [0.2, 0.25) is 5.95 Å². The molecule has 1 aliphatic heterocycles. The molecule has 0 aliphatic carbocycles. The van der Waals surface area contributed by atoms with Crippen LogP contribution in [0, 0.1) is 0 Å². The van der Waals surface area contributed by atoms with Crippen molar-refractivity contribution in [1.82, 2.24) is 9.97 Å². The van der Waals surface area contributed by atoms with E-state index in [0.717, 1.165) is 4.47 Å². The van der Waals surface area contributed by atoms with Crippen molar-refractivity contribution in [2.24, 2.45) is 0 Å². The number of anilines is 1. The van der Waals surface area contributed by atoms with E-state index < -0.39 is 5.60 Å². The Hall–Kier alpha value is -0.720. The molecule has 5 nitrogen and oxygen atoms in total. The monoisotopic (exact) mass is 287 g/mol. The predicted octanol–water partition coefficient (Wildman–Crippen LogP) is 1.19. The SMILES string of the molecule is CC1OCCC1(O)CNc1ncc(Br)cn1. The van der Waals surface area contributed by atoms with E-state index in [1.807, 2.05) is 6.92 Å². The molecule has 1 saturated heterocycles. The van der Waals surface area contributed by atoms with Gasteiger partial charge in [-0.3, -0.25) is 0 Å². The highest BCUT2D eigenvalue weighted by atomic mass is 79.9. The summed E-state index contributed by atoms with van der Waals surface area (Å²) in [6, 6.07) is 0. The van der Waals surface area contributed by atoms with E-state index in [2.05, 4.69) is 31.2 Å². The first kappa shape index (κ1) is 11.8. The highest BCUT2D eigenvalue weighted by Gasteiger charge is 2.39. The average Bonchev–Trinajstić information content (AvgIpc) is 2.59. The van der Waals surface area contributed by atoms with Crippen LogP contribution in [-0.4, -0.2) is 39.9 Å². The van der Waals surface area contributed by atoms with Gasteiger partial charge in [-0.15, -0.1) is 0 Å². The second-order valence-corrected chi connectivity index (χ2v) is 4.86. The van der Waals surface area contributed by atoms with E-state index in [9.17, 15) is 5.11 Å². The van der Waals surface area contributed by atoms with Crippen LogP contribution >= 0.6 is 15.9 Å². The maximum absolute atomic E-state index is 10.2. The van der Waals surface area contributed by atoms with Gasteiger partial charge in [0.1, 0.15) is 5.60 Å². The number of nitrogens with one attached hydrogen (secondary N) is 1. The highest BCUT2D eigenvalue weighted by Crippen LogP contribution is 2.25.